The van der Waals surface area contributed by atoms with Crippen molar-refractivity contribution in [3.05, 3.63) is 23.9 Å². The van der Waals surface area contributed by atoms with E-state index in [1.165, 1.54) is 18.4 Å². The molecule has 3 aliphatic rings. The van der Waals surface area contributed by atoms with Crippen LogP contribution in [0.3, 0.4) is 0 Å². The molecule has 1 aromatic rings. The van der Waals surface area contributed by atoms with Crippen LogP contribution in [0.15, 0.2) is 18.3 Å². The highest BCUT2D eigenvalue weighted by Gasteiger charge is 2.63. The minimum atomic E-state index is -0.410. The number of fused-ring (bicyclic) bond motifs is 1. The first-order chi connectivity index (χ1) is 11.9. The molecule has 25 heavy (non-hydrogen) atoms. The average molecular weight is 343 g/mol. The van der Waals surface area contributed by atoms with E-state index in [9.17, 15) is 4.79 Å². The first-order valence-electron chi connectivity index (χ1n) is 9.53. The van der Waals surface area contributed by atoms with Gasteiger partial charge in [0.2, 0.25) is 11.8 Å². The van der Waals surface area contributed by atoms with Crippen LogP contribution in [0.5, 0.6) is 5.88 Å². The van der Waals surface area contributed by atoms with Crippen LogP contribution in [0.4, 0.5) is 0 Å². The standard InChI is InChI=1S/C20H29N3O2/c1-11-15-16(12(2)22-11)17(15)18(24)23-20(3,4)10-25-19-14(13-7-8-13)6-5-9-21-19/h5-6,9,11-13,15-17,22H,7-8,10H2,1-4H3,(H,23,24)/t11-,12-,15-,16+,17?/m0/s1. The first-order valence-corrected chi connectivity index (χ1v) is 9.53. The second-order valence-corrected chi connectivity index (χ2v) is 8.76. The molecule has 5 atom stereocenters. The summed E-state index contributed by atoms with van der Waals surface area (Å²) in [5.41, 5.74) is 0.793. The third-order valence-corrected chi connectivity index (χ3v) is 5.97. The molecule has 0 radical (unpaired) electrons. The number of amides is 1. The number of carbonyl (C=O) groups excluding carboxylic acids is 1. The summed E-state index contributed by atoms with van der Waals surface area (Å²) in [6, 6.07) is 4.94. The zero-order valence-electron chi connectivity index (χ0n) is 15.6. The molecule has 2 saturated carbocycles. The molecule has 1 aromatic heterocycles. The Morgan fingerprint density at radius 1 is 1.32 bits per heavy atom. The number of rotatable bonds is 6. The second kappa shape index (κ2) is 5.97. The molecule has 4 rings (SSSR count). The largest absolute Gasteiger partial charge is 0.475 e. The van der Waals surface area contributed by atoms with Gasteiger partial charge in [-0.05, 0) is 64.4 Å². The summed E-state index contributed by atoms with van der Waals surface area (Å²) in [6.45, 7) is 8.84. The van der Waals surface area contributed by atoms with Crippen molar-refractivity contribution in [1.29, 1.82) is 0 Å². The maximum absolute atomic E-state index is 12.7. The monoisotopic (exact) mass is 343 g/mol. The van der Waals surface area contributed by atoms with Crippen LogP contribution in [-0.4, -0.2) is 35.1 Å². The highest BCUT2D eigenvalue weighted by atomic mass is 16.5. The van der Waals surface area contributed by atoms with E-state index < -0.39 is 5.54 Å². The number of pyridine rings is 1. The van der Waals surface area contributed by atoms with Crippen molar-refractivity contribution in [1.82, 2.24) is 15.6 Å². The van der Waals surface area contributed by atoms with Crippen molar-refractivity contribution in [2.24, 2.45) is 17.8 Å². The van der Waals surface area contributed by atoms with E-state index in [1.54, 1.807) is 6.20 Å². The van der Waals surface area contributed by atoms with Crippen molar-refractivity contribution >= 4 is 5.91 Å². The van der Waals surface area contributed by atoms with Crippen LogP contribution in [0, 0.1) is 17.8 Å². The van der Waals surface area contributed by atoms with Gasteiger partial charge in [-0.3, -0.25) is 4.79 Å². The summed E-state index contributed by atoms with van der Waals surface area (Å²) in [5, 5.41) is 6.72. The minimum Gasteiger partial charge on any atom is -0.475 e. The fourth-order valence-electron chi connectivity index (χ4n) is 4.56. The normalized spacial score (nSPS) is 33.7. The molecular formula is C20H29N3O2. The Morgan fingerprint density at radius 3 is 2.64 bits per heavy atom. The van der Waals surface area contributed by atoms with E-state index in [2.05, 4.69) is 35.5 Å². The number of nitrogens with zero attached hydrogens (tertiary/aromatic N) is 1. The van der Waals surface area contributed by atoms with Crippen LogP contribution >= 0.6 is 0 Å². The molecule has 1 aliphatic heterocycles. The number of piperidine rings is 1. The summed E-state index contributed by atoms with van der Waals surface area (Å²) in [6.07, 6.45) is 4.21. The quantitative estimate of drug-likeness (QED) is 0.833. The number of aromatic nitrogens is 1. The summed E-state index contributed by atoms with van der Waals surface area (Å²) in [7, 11) is 0. The lowest BCUT2D eigenvalue weighted by molar-refractivity contribution is -0.125. The Morgan fingerprint density at radius 2 is 2.00 bits per heavy atom. The summed E-state index contributed by atoms with van der Waals surface area (Å²) >= 11 is 0. The molecule has 1 unspecified atom stereocenters. The highest BCUT2D eigenvalue weighted by molar-refractivity contribution is 5.83. The van der Waals surface area contributed by atoms with Gasteiger partial charge in [0, 0.05) is 29.8 Å². The predicted octanol–water partition coefficient (Wildman–Crippen LogP) is 2.47. The van der Waals surface area contributed by atoms with E-state index in [1.807, 2.05) is 19.9 Å². The van der Waals surface area contributed by atoms with Gasteiger partial charge in [0.25, 0.3) is 0 Å². The SMILES string of the molecule is C[C@@H]1N[C@@H](C)[C@H]2C(C(=O)NC(C)(C)COc3ncccc3C3CC3)[C@H]21. The smallest absolute Gasteiger partial charge is 0.224 e. The Bertz CT molecular complexity index is 657. The summed E-state index contributed by atoms with van der Waals surface area (Å²) in [5.74, 6) is 2.63. The third-order valence-electron chi connectivity index (χ3n) is 5.97. The number of nitrogens with one attached hydrogen (secondary N) is 2. The second-order valence-electron chi connectivity index (χ2n) is 8.76. The molecule has 2 aliphatic carbocycles. The van der Waals surface area contributed by atoms with Crippen molar-refractivity contribution in [2.45, 2.75) is 64.1 Å². The Labute approximate surface area is 149 Å². The molecule has 1 saturated heterocycles. The molecule has 0 aromatic carbocycles. The van der Waals surface area contributed by atoms with Gasteiger partial charge in [-0.1, -0.05) is 6.07 Å². The maximum Gasteiger partial charge on any atom is 0.224 e. The van der Waals surface area contributed by atoms with Gasteiger partial charge in [0.05, 0.1) is 5.54 Å². The van der Waals surface area contributed by atoms with Gasteiger partial charge in [-0.25, -0.2) is 4.98 Å². The molecule has 2 N–H and O–H groups in total. The van der Waals surface area contributed by atoms with Gasteiger partial charge < -0.3 is 15.4 Å². The maximum atomic E-state index is 12.7. The van der Waals surface area contributed by atoms with Gasteiger partial charge in [-0.15, -0.1) is 0 Å². The Kier molecular flexibility index (Phi) is 4.02. The van der Waals surface area contributed by atoms with E-state index in [0.29, 0.717) is 36.4 Å². The van der Waals surface area contributed by atoms with Crippen LogP contribution in [0.25, 0.3) is 0 Å². The highest BCUT2D eigenvalue weighted by Crippen LogP contribution is 2.55. The van der Waals surface area contributed by atoms with Gasteiger partial charge in [-0.2, -0.15) is 0 Å². The summed E-state index contributed by atoms with van der Waals surface area (Å²) in [4.78, 5) is 17.1. The first kappa shape index (κ1) is 16.8. The Hall–Kier alpha value is -1.62. The minimum absolute atomic E-state index is 0.155. The van der Waals surface area contributed by atoms with E-state index in [0.717, 1.165) is 5.88 Å². The van der Waals surface area contributed by atoms with Gasteiger partial charge >= 0.3 is 0 Å². The molecule has 0 bridgehead atoms. The van der Waals surface area contributed by atoms with E-state index in [-0.39, 0.29) is 11.8 Å². The van der Waals surface area contributed by atoms with E-state index in [4.69, 9.17) is 4.74 Å². The molecule has 136 valence electrons. The van der Waals surface area contributed by atoms with Crippen LogP contribution in [-0.2, 0) is 4.79 Å². The molecule has 0 spiro atoms. The van der Waals surface area contributed by atoms with Crippen LogP contribution in [0.2, 0.25) is 0 Å². The zero-order chi connectivity index (χ0) is 17.8. The molecule has 2 heterocycles. The fraction of sp³-hybridized carbons (Fsp3) is 0.700. The van der Waals surface area contributed by atoms with Gasteiger partial charge in [0.1, 0.15) is 6.61 Å². The Balaban J connectivity index is 1.34. The number of hydrogen-bond donors (Lipinski definition) is 2. The number of hydrogen-bond acceptors (Lipinski definition) is 4. The van der Waals surface area contributed by atoms with Crippen molar-refractivity contribution in [2.75, 3.05) is 6.61 Å². The lowest BCUT2D eigenvalue weighted by Crippen LogP contribution is -2.50. The molecule has 1 amide bonds. The van der Waals surface area contributed by atoms with E-state index >= 15 is 0 Å². The molecular weight excluding hydrogens is 314 g/mol. The van der Waals surface area contributed by atoms with Crippen molar-refractivity contribution in [3.8, 4) is 5.88 Å². The van der Waals surface area contributed by atoms with Gasteiger partial charge in [0.15, 0.2) is 0 Å². The lowest BCUT2D eigenvalue weighted by Gasteiger charge is -2.27. The van der Waals surface area contributed by atoms with Crippen LogP contribution in [0.1, 0.15) is 52.0 Å². The summed E-state index contributed by atoms with van der Waals surface area (Å²) < 4.78 is 6.00. The number of carbonyl (C=O) groups is 1. The predicted molar refractivity (Wildman–Crippen MR) is 96.5 cm³/mol. The topological polar surface area (TPSA) is 63.2 Å². The fourth-order valence-corrected chi connectivity index (χ4v) is 4.56. The third kappa shape index (κ3) is 3.26. The van der Waals surface area contributed by atoms with Crippen molar-refractivity contribution < 1.29 is 9.53 Å². The molecule has 5 heteroatoms. The molecule has 5 nitrogen and oxygen atoms in total. The lowest BCUT2D eigenvalue weighted by atomic mass is 10.0. The number of ether oxygens (including phenoxy) is 1. The zero-order valence-corrected chi connectivity index (χ0v) is 15.6. The van der Waals surface area contributed by atoms with Crippen LogP contribution < -0.4 is 15.4 Å². The van der Waals surface area contributed by atoms with Crippen molar-refractivity contribution in [3.63, 3.8) is 0 Å². The average Bonchev–Trinajstić information content (AvgIpc) is 3.44. The molecule has 3 fully saturated rings.